The van der Waals surface area contributed by atoms with Crippen LogP contribution in [0.1, 0.15) is 44.9 Å². The highest BCUT2D eigenvalue weighted by Crippen LogP contribution is 2.08. The standard InChI is InChI=1S/C12H21N3O2/c1-6-9-8(2)14-10(15-9)7-13-11(16)17-12(3,4)5/h6-7H2,1-5H3,(H,13,16)(H,14,15). The summed E-state index contributed by atoms with van der Waals surface area (Å²) in [6.45, 7) is 9.88. The van der Waals surface area contributed by atoms with Crippen LogP contribution in [0.4, 0.5) is 4.79 Å². The number of hydrogen-bond donors (Lipinski definition) is 2. The van der Waals surface area contributed by atoms with E-state index in [-0.39, 0.29) is 0 Å². The summed E-state index contributed by atoms with van der Waals surface area (Å²) >= 11 is 0. The molecule has 2 N–H and O–H groups in total. The fourth-order valence-corrected chi connectivity index (χ4v) is 1.46. The molecule has 1 amide bonds. The van der Waals surface area contributed by atoms with Gasteiger partial charge in [0.1, 0.15) is 11.4 Å². The lowest BCUT2D eigenvalue weighted by Gasteiger charge is -2.19. The number of aryl methyl sites for hydroxylation is 2. The maximum atomic E-state index is 11.4. The molecule has 0 fully saturated rings. The van der Waals surface area contributed by atoms with E-state index in [0.29, 0.717) is 6.54 Å². The molecular weight excluding hydrogens is 218 g/mol. The summed E-state index contributed by atoms with van der Waals surface area (Å²) in [5, 5.41) is 2.67. The third kappa shape index (κ3) is 4.46. The normalized spacial score (nSPS) is 11.4. The van der Waals surface area contributed by atoms with Crippen LogP contribution in [0.3, 0.4) is 0 Å². The van der Waals surface area contributed by atoms with Gasteiger partial charge in [-0.1, -0.05) is 6.92 Å². The summed E-state index contributed by atoms with van der Waals surface area (Å²) in [5.74, 6) is 0.755. The number of carbonyl (C=O) groups excluding carboxylic acids is 1. The minimum absolute atomic E-state index is 0.357. The van der Waals surface area contributed by atoms with E-state index in [9.17, 15) is 4.79 Å². The molecule has 0 radical (unpaired) electrons. The number of aromatic nitrogens is 2. The van der Waals surface area contributed by atoms with E-state index in [1.54, 1.807) is 0 Å². The second kappa shape index (κ2) is 5.21. The first-order valence-corrected chi connectivity index (χ1v) is 5.83. The Morgan fingerprint density at radius 1 is 1.47 bits per heavy atom. The van der Waals surface area contributed by atoms with E-state index < -0.39 is 11.7 Å². The van der Waals surface area contributed by atoms with E-state index in [0.717, 1.165) is 23.6 Å². The third-order valence-corrected chi connectivity index (χ3v) is 2.17. The Hall–Kier alpha value is -1.52. The third-order valence-electron chi connectivity index (χ3n) is 2.17. The minimum Gasteiger partial charge on any atom is -0.444 e. The molecule has 96 valence electrons. The van der Waals surface area contributed by atoms with Crippen molar-refractivity contribution < 1.29 is 9.53 Å². The Bertz CT molecular complexity index is 391. The van der Waals surface area contributed by atoms with Gasteiger partial charge in [0.05, 0.1) is 12.2 Å². The van der Waals surface area contributed by atoms with Gasteiger partial charge in [0, 0.05) is 5.69 Å². The number of rotatable bonds is 3. The topological polar surface area (TPSA) is 67.0 Å². The quantitative estimate of drug-likeness (QED) is 0.850. The molecule has 1 heterocycles. The van der Waals surface area contributed by atoms with Crippen LogP contribution in [0, 0.1) is 6.92 Å². The van der Waals surface area contributed by atoms with E-state index in [1.165, 1.54) is 0 Å². The van der Waals surface area contributed by atoms with Crippen LogP contribution in [0.5, 0.6) is 0 Å². The number of hydrogen-bond acceptors (Lipinski definition) is 3. The zero-order chi connectivity index (χ0) is 13.1. The van der Waals surface area contributed by atoms with E-state index >= 15 is 0 Å². The van der Waals surface area contributed by atoms with Crippen LogP contribution < -0.4 is 5.32 Å². The Labute approximate surface area is 102 Å². The van der Waals surface area contributed by atoms with Crippen LogP contribution in [0.2, 0.25) is 0 Å². The highest BCUT2D eigenvalue weighted by Gasteiger charge is 2.16. The number of aromatic amines is 1. The molecule has 0 aliphatic rings. The van der Waals surface area contributed by atoms with Gasteiger partial charge in [0.2, 0.25) is 0 Å². The van der Waals surface area contributed by atoms with Crippen LogP contribution in [-0.4, -0.2) is 21.7 Å². The zero-order valence-corrected chi connectivity index (χ0v) is 11.2. The number of alkyl carbamates (subject to hydrolysis) is 1. The lowest BCUT2D eigenvalue weighted by Crippen LogP contribution is -2.32. The molecule has 1 aromatic rings. The van der Waals surface area contributed by atoms with Gasteiger partial charge in [-0.05, 0) is 34.1 Å². The van der Waals surface area contributed by atoms with Gasteiger partial charge in [0.25, 0.3) is 0 Å². The lowest BCUT2D eigenvalue weighted by molar-refractivity contribution is 0.0522. The number of nitrogens with one attached hydrogen (secondary N) is 2. The Morgan fingerprint density at radius 3 is 2.59 bits per heavy atom. The van der Waals surface area contributed by atoms with Gasteiger partial charge in [-0.25, -0.2) is 9.78 Å². The van der Waals surface area contributed by atoms with Crippen LogP contribution in [-0.2, 0) is 17.7 Å². The van der Waals surface area contributed by atoms with Crippen molar-refractivity contribution in [2.45, 2.75) is 53.2 Å². The molecule has 0 unspecified atom stereocenters. The molecule has 5 nitrogen and oxygen atoms in total. The smallest absolute Gasteiger partial charge is 0.408 e. The largest absolute Gasteiger partial charge is 0.444 e. The van der Waals surface area contributed by atoms with Gasteiger partial charge >= 0.3 is 6.09 Å². The van der Waals surface area contributed by atoms with Gasteiger partial charge in [-0.3, -0.25) is 0 Å². The second-order valence-corrected chi connectivity index (χ2v) is 4.96. The highest BCUT2D eigenvalue weighted by atomic mass is 16.6. The van der Waals surface area contributed by atoms with Crippen molar-refractivity contribution in [3.63, 3.8) is 0 Å². The van der Waals surface area contributed by atoms with Crippen molar-refractivity contribution in [1.29, 1.82) is 0 Å². The molecule has 0 spiro atoms. The molecule has 0 aromatic carbocycles. The molecular formula is C12H21N3O2. The summed E-state index contributed by atoms with van der Waals surface area (Å²) in [4.78, 5) is 18.9. The van der Waals surface area contributed by atoms with Crippen LogP contribution >= 0.6 is 0 Å². The predicted octanol–water partition coefficient (Wildman–Crippen LogP) is 2.31. The summed E-state index contributed by atoms with van der Waals surface area (Å²) < 4.78 is 5.13. The highest BCUT2D eigenvalue weighted by molar-refractivity contribution is 5.67. The Kier molecular flexibility index (Phi) is 4.15. The number of imidazole rings is 1. The second-order valence-electron chi connectivity index (χ2n) is 4.96. The lowest BCUT2D eigenvalue weighted by atomic mass is 10.2. The molecule has 0 bridgehead atoms. The summed E-state index contributed by atoms with van der Waals surface area (Å²) in [5.41, 5.74) is 1.61. The number of nitrogens with zero attached hydrogens (tertiary/aromatic N) is 1. The molecule has 17 heavy (non-hydrogen) atoms. The number of carbonyl (C=O) groups is 1. The van der Waals surface area contributed by atoms with Crippen molar-refractivity contribution in [1.82, 2.24) is 15.3 Å². The predicted molar refractivity (Wildman–Crippen MR) is 65.8 cm³/mol. The summed E-state index contributed by atoms with van der Waals surface area (Å²) in [7, 11) is 0. The van der Waals surface area contributed by atoms with Gasteiger partial charge in [0.15, 0.2) is 0 Å². The Balaban J connectivity index is 2.47. The summed E-state index contributed by atoms with van der Waals surface area (Å²) in [6.07, 6.45) is 0.457. The van der Waals surface area contributed by atoms with E-state index in [1.807, 2.05) is 34.6 Å². The van der Waals surface area contributed by atoms with Gasteiger partial charge in [-0.2, -0.15) is 0 Å². The Morgan fingerprint density at radius 2 is 2.12 bits per heavy atom. The first-order valence-electron chi connectivity index (χ1n) is 5.83. The molecule has 0 saturated heterocycles. The van der Waals surface area contributed by atoms with E-state index in [2.05, 4.69) is 15.3 Å². The maximum Gasteiger partial charge on any atom is 0.408 e. The molecule has 1 aromatic heterocycles. The molecule has 1 rings (SSSR count). The van der Waals surface area contributed by atoms with Crippen LogP contribution in [0.15, 0.2) is 0 Å². The van der Waals surface area contributed by atoms with E-state index in [4.69, 9.17) is 4.74 Å². The summed E-state index contributed by atoms with van der Waals surface area (Å²) in [6, 6.07) is 0. The van der Waals surface area contributed by atoms with Crippen molar-refractivity contribution >= 4 is 6.09 Å². The van der Waals surface area contributed by atoms with Crippen molar-refractivity contribution in [3.05, 3.63) is 17.2 Å². The maximum absolute atomic E-state index is 11.4. The fraction of sp³-hybridized carbons (Fsp3) is 0.667. The van der Waals surface area contributed by atoms with Crippen molar-refractivity contribution in [3.8, 4) is 0 Å². The fourth-order valence-electron chi connectivity index (χ4n) is 1.46. The first kappa shape index (κ1) is 13.5. The molecule has 0 atom stereocenters. The van der Waals surface area contributed by atoms with Crippen molar-refractivity contribution in [2.75, 3.05) is 0 Å². The molecule has 5 heteroatoms. The monoisotopic (exact) mass is 239 g/mol. The SMILES string of the molecule is CCc1nc(CNC(=O)OC(C)(C)C)[nH]c1C. The van der Waals surface area contributed by atoms with Gasteiger partial charge in [-0.15, -0.1) is 0 Å². The minimum atomic E-state index is -0.474. The van der Waals surface area contributed by atoms with Crippen LogP contribution in [0.25, 0.3) is 0 Å². The van der Waals surface area contributed by atoms with Gasteiger partial charge < -0.3 is 15.0 Å². The molecule has 0 aliphatic heterocycles. The average molecular weight is 239 g/mol. The molecule has 0 aliphatic carbocycles. The average Bonchev–Trinajstić information content (AvgIpc) is 2.53. The number of ether oxygens (including phenoxy) is 1. The molecule has 0 saturated carbocycles. The first-order chi connectivity index (χ1) is 7.81. The number of amides is 1. The van der Waals surface area contributed by atoms with Crippen molar-refractivity contribution in [2.24, 2.45) is 0 Å². The number of H-pyrrole nitrogens is 1. The zero-order valence-electron chi connectivity index (χ0n) is 11.2.